The summed E-state index contributed by atoms with van der Waals surface area (Å²) >= 11 is 0. The lowest BCUT2D eigenvalue weighted by atomic mass is 9.86. The second-order valence-corrected chi connectivity index (χ2v) is 6.11. The number of aliphatic hydroxyl groups is 1. The highest BCUT2D eigenvalue weighted by molar-refractivity contribution is 5.80. The Labute approximate surface area is 129 Å². The molecule has 21 heavy (non-hydrogen) atoms. The summed E-state index contributed by atoms with van der Waals surface area (Å²) in [6, 6.07) is 8.25. The molecule has 0 aliphatic carbocycles. The summed E-state index contributed by atoms with van der Waals surface area (Å²) in [4.78, 5) is 11.5. The molecule has 1 aromatic rings. The third kappa shape index (κ3) is 6.43. The molecule has 1 rings (SSSR count). The molecule has 1 N–H and O–H groups in total. The van der Waals surface area contributed by atoms with Crippen LogP contribution in [-0.2, 0) is 17.6 Å². The number of ketones is 1. The summed E-state index contributed by atoms with van der Waals surface area (Å²) < 4.78 is 0. The molecule has 0 heterocycles. The largest absolute Gasteiger partial charge is 0.390 e. The minimum atomic E-state index is -0.529. The maximum Gasteiger partial charge on any atom is 0.136 e. The van der Waals surface area contributed by atoms with Gasteiger partial charge in [0.2, 0.25) is 0 Å². The van der Waals surface area contributed by atoms with Crippen molar-refractivity contribution in [2.45, 2.75) is 77.7 Å². The fourth-order valence-corrected chi connectivity index (χ4v) is 2.93. The minimum absolute atomic E-state index is 0.278. The lowest BCUT2D eigenvalue weighted by Gasteiger charge is -2.27. The van der Waals surface area contributed by atoms with E-state index in [0.717, 1.165) is 44.1 Å². The Hall–Kier alpha value is -1.15. The predicted octanol–water partition coefficient (Wildman–Crippen LogP) is 4.47. The molecule has 118 valence electrons. The number of aryl methyl sites for hydroxylation is 1. The molecule has 2 nitrogen and oxygen atoms in total. The lowest BCUT2D eigenvalue weighted by Crippen LogP contribution is -2.28. The standard InChI is InChI=1S/C19H30O2/c1-4-11-19(21,12-5-2)13-10-16-8-7-9-17(14-16)15-18(20)6-3/h7-9,14,21H,4-6,10-13,15H2,1-3H3. The Morgan fingerprint density at radius 1 is 1.05 bits per heavy atom. The molecular weight excluding hydrogens is 260 g/mol. The van der Waals surface area contributed by atoms with Crippen LogP contribution in [-0.4, -0.2) is 16.5 Å². The number of hydrogen-bond donors (Lipinski definition) is 1. The zero-order chi connectivity index (χ0) is 15.7. The van der Waals surface area contributed by atoms with Crippen molar-refractivity contribution in [2.24, 2.45) is 0 Å². The summed E-state index contributed by atoms with van der Waals surface area (Å²) in [7, 11) is 0. The average Bonchev–Trinajstić information content (AvgIpc) is 2.46. The molecule has 0 aliphatic heterocycles. The van der Waals surface area contributed by atoms with Gasteiger partial charge in [0.05, 0.1) is 5.60 Å². The molecule has 0 bridgehead atoms. The van der Waals surface area contributed by atoms with Crippen molar-refractivity contribution in [1.82, 2.24) is 0 Å². The third-order valence-electron chi connectivity index (χ3n) is 4.10. The summed E-state index contributed by atoms with van der Waals surface area (Å²) in [5.41, 5.74) is 1.79. The van der Waals surface area contributed by atoms with Crippen LogP contribution in [0.15, 0.2) is 24.3 Å². The number of carbonyl (C=O) groups is 1. The zero-order valence-corrected chi connectivity index (χ0v) is 13.8. The number of benzene rings is 1. The fraction of sp³-hybridized carbons (Fsp3) is 0.632. The first-order chi connectivity index (χ1) is 10.0. The fourth-order valence-electron chi connectivity index (χ4n) is 2.93. The Morgan fingerprint density at radius 2 is 1.67 bits per heavy atom. The number of hydrogen-bond acceptors (Lipinski definition) is 2. The van der Waals surface area contributed by atoms with E-state index in [1.807, 2.05) is 19.1 Å². The predicted molar refractivity (Wildman–Crippen MR) is 88.5 cm³/mol. The number of rotatable bonds is 10. The summed E-state index contributed by atoms with van der Waals surface area (Å²) in [6.07, 6.45) is 6.58. The van der Waals surface area contributed by atoms with Gasteiger partial charge < -0.3 is 5.11 Å². The van der Waals surface area contributed by atoms with Gasteiger partial charge in [-0.2, -0.15) is 0 Å². The van der Waals surface area contributed by atoms with Crippen molar-refractivity contribution in [3.63, 3.8) is 0 Å². The second-order valence-electron chi connectivity index (χ2n) is 6.11. The van der Waals surface area contributed by atoms with Crippen LogP contribution in [0.3, 0.4) is 0 Å². The molecule has 0 aliphatic rings. The first kappa shape index (κ1) is 17.9. The average molecular weight is 290 g/mol. The molecule has 0 saturated heterocycles. The molecule has 0 radical (unpaired) electrons. The van der Waals surface area contributed by atoms with E-state index in [1.165, 1.54) is 5.56 Å². The number of carbonyl (C=O) groups excluding carboxylic acids is 1. The molecular formula is C19H30O2. The van der Waals surface area contributed by atoms with Crippen LogP contribution in [0.1, 0.15) is 70.4 Å². The van der Waals surface area contributed by atoms with E-state index in [2.05, 4.69) is 26.0 Å². The Balaban J connectivity index is 2.65. The van der Waals surface area contributed by atoms with Crippen LogP contribution in [0, 0.1) is 0 Å². The van der Waals surface area contributed by atoms with Crippen molar-refractivity contribution >= 4 is 5.78 Å². The Morgan fingerprint density at radius 3 is 2.24 bits per heavy atom. The van der Waals surface area contributed by atoms with Gasteiger partial charge in [0.1, 0.15) is 5.78 Å². The molecule has 0 unspecified atom stereocenters. The first-order valence-electron chi connectivity index (χ1n) is 8.35. The van der Waals surface area contributed by atoms with E-state index in [4.69, 9.17) is 0 Å². The van der Waals surface area contributed by atoms with Gasteiger partial charge in [-0.15, -0.1) is 0 Å². The van der Waals surface area contributed by atoms with Crippen LogP contribution < -0.4 is 0 Å². The summed E-state index contributed by atoms with van der Waals surface area (Å²) in [6.45, 7) is 6.15. The quantitative estimate of drug-likeness (QED) is 0.690. The van der Waals surface area contributed by atoms with Gasteiger partial charge in [0.25, 0.3) is 0 Å². The van der Waals surface area contributed by atoms with Crippen molar-refractivity contribution in [2.75, 3.05) is 0 Å². The molecule has 0 aromatic heterocycles. The van der Waals surface area contributed by atoms with Gasteiger partial charge in [-0.05, 0) is 36.8 Å². The molecule has 2 heteroatoms. The van der Waals surface area contributed by atoms with Crippen LogP contribution in [0.25, 0.3) is 0 Å². The minimum Gasteiger partial charge on any atom is -0.390 e. The molecule has 1 aromatic carbocycles. The van der Waals surface area contributed by atoms with E-state index < -0.39 is 5.60 Å². The number of Topliss-reactive ketones (excluding diaryl/α,β-unsaturated/α-hetero) is 1. The van der Waals surface area contributed by atoms with E-state index in [9.17, 15) is 9.90 Å². The molecule has 0 saturated carbocycles. The van der Waals surface area contributed by atoms with Gasteiger partial charge in [-0.25, -0.2) is 0 Å². The van der Waals surface area contributed by atoms with Crippen LogP contribution in [0.5, 0.6) is 0 Å². The van der Waals surface area contributed by atoms with Gasteiger partial charge >= 0.3 is 0 Å². The monoisotopic (exact) mass is 290 g/mol. The van der Waals surface area contributed by atoms with Gasteiger partial charge in [-0.1, -0.05) is 57.9 Å². The van der Waals surface area contributed by atoms with Gasteiger partial charge in [0, 0.05) is 12.8 Å². The van der Waals surface area contributed by atoms with Crippen molar-refractivity contribution in [3.8, 4) is 0 Å². The lowest BCUT2D eigenvalue weighted by molar-refractivity contribution is -0.118. The second kappa shape index (κ2) is 8.99. The third-order valence-corrected chi connectivity index (χ3v) is 4.10. The van der Waals surface area contributed by atoms with Gasteiger partial charge in [-0.3, -0.25) is 4.79 Å². The highest BCUT2D eigenvalue weighted by Crippen LogP contribution is 2.25. The maximum atomic E-state index is 11.5. The Bertz CT molecular complexity index is 431. The van der Waals surface area contributed by atoms with Crippen molar-refractivity contribution < 1.29 is 9.90 Å². The highest BCUT2D eigenvalue weighted by atomic mass is 16.3. The van der Waals surface area contributed by atoms with E-state index in [-0.39, 0.29) is 5.78 Å². The highest BCUT2D eigenvalue weighted by Gasteiger charge is 2.24. The molecule has 0 spiro atoms. The van der Waals surface area contributed by atoms with Crippen molar-refractivity contribution in [1.29, 1.82) is 0 Å². The summed E-state index contributed by atoms with van der Waals surface area (Å²) in [5.74, 6) is 0.278. The SMILES string of the molecule is CCCC(O)(CCC)CCc1cccc(CC(=O)CC)c1. The normalized spacial score (nSPS) is 11.6. The van der Waals surface area contributed by atoms with Crippen LogP contribution >= 0.6 is 0 Å². The van der Waals surface area contributed by atoms with E-state index in [0.29, 0.717) is 12.8 Å². The van der Waals surface area contributed by atoms with Crippen molar-refractivity contribution in [3.05, 3.63) is 35.4 Å². The van der Waals surface area contributed by atoms with Gasteiger partial charge in [0.15, 0.2) is 0 Å². The van der Waals surface area contributed by atoms with E-state index >= 15 is 0 Å². The topological polar surface area (TPSA) is 37.3 Å². The van der Waals surface area contributed by atoms with Crippen LogP contribution in [0.4, 0.5) is 0 Å². The van der Waals surface area contributed by atoms with E-state index in [1.54, 1.807) is 0 Å². The smallest absolute Gasteiger partial charge is 0.136 e. The zero-order valence-electron chi connectivity index (χ0n) is 13.8. The molecule has 0 atom stereocenters. The van der Waals surface area contributed by atoms with Crippen LogP contribution in [0.2, 0.25) is 0 Å². The Kier molecular flexibility index (Phi) is 7.66. The first-order valence-corrected chi connectivity index (χ1v) is 8.35. The summed E-state index contributed by atoms with van der Waals surface area (Å²) in [5, 5.41) is 10.7. The molecule has 0 fully saturated rings. The molecule has 0 amide bonds. The maximum absolute atomic E-state index is 11.5.